The number of thioether (sulfide) groups is 2. The minimum absolute atomic E-state index is 0.146. The van der Waals surface area contributed by atoms with Crippen molar-refractivity contribution in [3.63, 3.8) is 0 Å². The van der Waals surface area contributed by atoms with Crippen molar-refractivity contribution in [1.82, 2.24) is 0 Å². The maximum Gasteiger partial charge on any atom is 0.0906 e. The van der Waals surface area contributed by atoms with Gasteiger partial charge in [0.1, 0.15) is 0 Å². The van der Waals surface area contributed by atoms with Gasteiger partial charge in [-0.3, -0.25) is 0 Å². The van der Waals surface area contributed by atoms with E-state index in [1.165, 1.54) is 10.5 Å². The molecule has 2 unspecified atom stereocenters. The predicted molar refractivity (Wildman–Crippen MR) is 63.3 cm³/mol. The fourth-order valence-electron chi connectivity index (χ4n) is 1.45. The molecule has 0 aliphatic heterocycles. The Kier molecular flexibility index (Phi) is 3.55. The maximum atomic E-state index is 9.86. The Morgan fingerprint density at radius 2 is 2.08 bits per heavy atom. The largest absolute Gasteiger partial charge is 0.387 e. The molecule has 74 valence electrons. The Hall–Kier alpha value is 0.140. The van der Waals surface area contributed by atoms with E-state index in [-0.39, 0.29) is 10.9 Å². The molecule has 1 aliphatic rings. The highest BCUT2D eigenvalue weighted by atomic mass is 32.2. The van der Waals surface area contributed by atoms with Gasteiger partial charge >= 0.3 is 0 Å². The number of allylic oxidation sites excluding steroid dienone is 1. The Balaban J connectivity index is 3.09. The minimum Gasteiger partial charge on any atom is -0.387 e. The second kappa shape index (κ2) is 4.11. The highest BCUT2D eigenvalue weighted by Crippen LogP contribution is 2.41. The summed E-state index contributed by atoms with van der Waals surface area (Å²) in [7, 11) is 0. The highest BCUT2D eigenvalue weighted by Gasteiger charge is 2.35. The standard InChI is InChI=1S/C10H16OS2/c1-7-8(12-3)5-6-9(11)10(7,2)13-4/h5-6,9,11H,1-4H3. The summed E-state index contributed by atoms with van der Waals surface area (Å²) < 4.78 is -0.146. The summed E-state index contributed by atoms with van der Waals surface area (Å²) in [6.07, 6.45) is 7.65. The van der Waals surface area contributed by atoms with Crippen molar-refractivity contribution in [1.29, 1.82) is 0 Å². The number of aliphatic hydroxyl groups excluding tert-OH is 1. The van der Waals surface area contributed by atoms with Gasteiger partial charge in [0.25, 0.3) is 0 Å². The van der Waals surface area contributed by atoms with Gasteiger partial charge in [0.15, 0.2) is 0 Å². The molecule has 0 spiro atoms. The molecule has 1 aliphatic carbocycles. The molecule has 1 nitrogen and oxygen atoms in total. The smallest absolute Gasteiger partial charge is 0.0906 e. The van der Waals surface area contributed by atoms with Crippen LogP contribution in [0.2, 0.25) is 0 Å². The highest BCUT2D eigenvalue weighted by molar-refractivity contribution is 8.03. The molecule has 1 rings (SSSR count). The molecule has 0 fully saturated rings. The lowest BCUT2D eigenvalue weighted by Gasteiger charge is -2.36. The summed E-state index contributed by atoms with van der Waals surface area (Å²) in [5, 5.41) is 9.86. The van der Waals surface area contributed by atoms with Crippen LogP contribution in [0.3, 0.4) is 0 Å². The fraction of sp³-hybridized carbons (Fsp3) is 0.600. The van der Waals surface area contributed by atoms with Gasteiger partial charge < -0.3 is 5.11 Å². The number of aliphatic hydroxyl groups is 1. The Labute approximate surface area is 88.7 Å². The molecule has 1 N–H and O–H groups in total. The molecule has 0 aromatic heterocycles. The summed E-state index contributed by atoms with van der Waals surface area (Å²) in [6, 6.07) is 0. The van der Waals surface area contributed by atoms with Gasteiger partial charge in [-0.05, 0) is 38.0 Å². The van der Waals surface area contributed by atoms with E-state index in [0.717, 1.165) is 0 Å². The summed E-state index contributed by atoms with van der Waals surface area (Å²) in [5.41, 5.74) is 1.28. The van der Waals surface area contributed by atoms with Crippen molar-refractivity contribution in [3.05, 3.63) is 22.6 Å². The second-order valence-corrected chi connectivity index (χ2v) is 5.41. The SMILES string of the molecule is CSC1=C(C)C(C)(SC)C(O)C=C1. The molecular weight excluding hydrogens is 200 g/mol. The predicted octanol–water partition coefficient (Wildman–Crippen LogP) is 2.68. The Morgan fingerprint density at radius 1 is 1.46 bits per heavy atom. The molecule has 2 atom stereocenters. The van der Waals surface area contributed by atoms with Gasteiger partial charge in [0, 0.05) is 4.91 Å². The first-order valence-corrected chi connectivity index (χ1v) is 6.68. The third-order valence-electron chi connectivity index (χ3n) is 2.75. The van der Waals surface area contributed by atoms with Crippen LogP contribution in [0.25, 0.3) is 0 Å². The topological polar surface area (TPSA) is 20.2 Å². The first-order chi connectivity index (χ1) is 6.06. The molecule has 0 amide bonds. The van der Waals surface area contributed by atoms with Crippen LogP contribution in [0.15, 0.2) is 22.6 Å². The maximum absolute atomic E-state index is 9.86. The van der Waals surface area contributed by atoms with E-state index in [0.29, 0.717) is 0 Å². The van der Waals surface area contributed by atoms with E-state index in [4.69, 9.17) is 0 Å². The second-order valence-electron chi connectivity index (χ2n) is 3.31. The first kappa shape index (κ1) is 11.2. The van der Waals surface area contributed by atoms with Gasteiger partial charge in [0.05, 0.1) is 10.9 Å². The van der Waals surface area contributed by atoms with E-state index in [1.807, 2.05) is 18.4 Å². The van der Waals surface area contributed by atoms with Gasteiger partial charge in [-0.2, -0.15) is 11.8 Å². The molecule has 0 radical (unpaired) electrons. The summed E-state index contributed by atoms with van der Waals surface area (Å²) in [4.78, 5) is 1.28. The molecule has 0 heterocycles. The van der Waals surface area contributed by atoms with E-state index in [9.17, 15) is 5.11 Å². The lowest BCUT2D eigenvalue weighted by atomic mass is 9.91. The van der Waals surface area contributed by atoms with Crippen molar-refractivity contribution in [2.75, 3.05) is 12.5 Å². The van der Waals surface area contributed by atoms with Crippen molar-refractivity contribution >= 4 is 23.5 Å². The van der Waals surface area contributed by atoms with Crippen molar-refractivity contribution in [2.45, 2.75) is 24.7 Å². The van der Waals surface area contributed by atoms with Crippen molar-refractivity contribution < 1.29 is 5.11 Å². The Bertz CT molecular complexity index is 258. The zero-order chi connectivity index (χ0) is 10.1. The first-order valence-electron chi connectivity index (χ1n) is 4.23. The molecule has 0 aromatic rings. The molecule has 13 heavy (non-hydrogen) atoms. The summed E-state index contributed by atoms with van der Waals surface area (Å²) in [6.45, 7) is 4.20. The monoisotopic (exact) mass is 216 g/mol. The van der Waals surface area contributed by atoms with Crippen LogP contribution < -0.4 is 0 Å². The molecule has 0 saturated carbocycles. The lowest BCUT2D eigenvalue weighted by molar-refractivity contribution is 0.194. The fourth-order valence-corrected chi connectivity index (χ4v) is 2.98. The van der Waals surface area contributed by atoms with E-state index in [1.54, 1.807) is 23.5 Å². The van der Waals surface area contributed by atoms with Crippen LogP contribution in [0, 0.1) is 0 Å². The van der Waals surface area contributed by atoms with Crippen LogP contribution in [-0.2, 0) is 0 Å². The summed E-state index contributed by atoms with van der Waals surface area (Å²) >= 11 is 3.45. The van der Waals surface area contributed by atoms with Crippen molar-refractivity contribution in [3.8, 4) is 0 Å². The van der Waals surface area contributed by atoms with E-state index < -0.39 is 0 Å². The molecule has 0 aromatic carbocycles. The molecule has 0 saturated heterocycles. The van der Waals surface area contributed by atoms with E-state index in [2.05, 4.69) is 20.1 Å². The molecule has 3 heteroatoms. The number of rotatable bonds is 2. The average Bonchev–Trinajstić information content (AvgIpc) is 2.15. The third-order valence-corrected chi connectivity index (χ3v) is 5.03. The lowest BCUT2D eigenvalue weighted by Crippen LogP contribution is -2.37. The molecular formula is C10H16OS2. The quantitative estimate of drug-likeness (QED) is 0.766. The van der Waals surface area contributed by atoms with Crippen LogP contribution in [-0.4, -0.2) is 28.5 Å². The zero-order valence-corrected chi connectivity index (χ0v) is 10.1. The summed E-state index contributed by atoms with van der Waals surface area (Å²) in [5.74, 6) is 0. The van der Waals surface area contributed by atoms with Crippen LogP contribution >= 0.6 is 23.5 Å². The third kappa shape index (κ3) is 1.83. The zero-order valence-electron chi connectivity index (χ0n) is 8.50. The number of hydrogen-bond acceptors (Lipinski definition) is 3. The van der Waals surface area contributed by atoms with Crippen LogP contribution in [0.5, 0.6) is 0 Å². The van der Waals surface area contributed by atoms with Gasteiger partial charge in [0.2, 0.25) is 0 Å². The van der Waals surface area contributed by atoms with E-state index >= 15 is 0 Å². The van der Waals surface area contributed by atoms with Crippen LogP contribution in [0.4, 0.5) is 0 Å². The van der Waals surface area contributed by atoms with Crippen LogP contribution in [0.1, 0.15) is 13.8 Å². The normalized spacial score (nSPS) is 34.1. The van der Waals surface area contributed by atoms with Gasteiger partial charge in [-0.25, -0.2) is 0 Å². The minimum atomic E-state index is -0.363. The number of hydrogen-bond donors (Lipinski definition) is 1. The Morgan fingerprint density at radius 3 is 2.54 bits per heavy atom. The van der Waals surface area contributed by atoms with Crippen molar-refractivity contribution in [2.24, 2.45) is 0 Å². The van der Waals surface area contributed by atoms with Gasteiger partial charge in [-0.15, -0.1) is 11.8 Å². The van der Waals surface area contributed by atoms with Gasteiger partial charge in [-0.1, -0.05) is 6.08 Å². The average molecular weight is 216 g/mol. The molecule has 0 bridgehead atoms.